The molecule has 0 aromatic heterocycles. The normalized spacial score (nSPS) is 10.5. The summed E-state index contributed by atoms with van der Waals surface area (Å²) in [5.41, 5.74) is 9.21. The van der Waals surface area contributed by atoms with Crippen molar-refractivity contribution < 1.29 is 27.5 Å². The molecule has 2 rings (SSSR count). The first-order chi connectivity index (χ1) is 13.7. The molecule has 0 aliphatic carbocycles. The summed E-state index contributed by atoms with van der Waals surface area (Å²) in [6.07, 6.45) is 0. The Morgan fingerprint density at radius 3 is 2.45 bits per heavy atom. The molecule has 0 aliphatic rings. The molecule has 6 N–H and O–H groups in total. The van der Waals surface area contributed by atoms with E-state index in [1.807, 2.05) is 5.32 Å². The number of hydrogen-bond donors (Lipinski definition) is 5. The first-order valence-electron chi connectivity index (χ1n) is 8.11. The molecule has 0 saturated carbocycles. The lowest BCUT2D eigenvalue weighted by molar-refractivity contribution is -0.120. The molecule has 0 radical (unpaired) electrons. The summed E-state index contributed by atoms with van der Waals surface area (Å²) in [7, 11) is -2.60. The Morgan fingerprint density at radius 2 is 1.76 bits per heavy atom. The number of amides is 4. The molecule has 154 valence electrons. The van der Waals surface area contributed by atoms with Crippen molar-refractivity contribution in [3.8, 4) is 5.75 Å². The Morgan fingerprint density at radius 1 is 1.03 bits per heavy atom. The number of nitrogens with two attached hydrogens (primary N) is 1. The van der Waals surface area contributed by atoms with Crippen LogP contribution >= 0.6 is 0 Å². The van der Waals surface area contributed by atoms with Crippen LogP contribution in [0.2, 0.25) is 0 Å². The number of ether oxygens (including phenoxy) is 1. The van der Waals surface area contributed by atoms with Gasteiger partial charge < -0.3 is 15.8 Å². The maximum Gasteiger partial charge on any atom is 0.312 e. The number of carbonyl (C=O) groups is 3. The van der Waals surface area contributed by atoms with Crippen LogP contribution in [0, 0.1) is 0 Å². The summed E-state index contributed by atoms with van der Waals surface area (Å²) >= 11 is 0. The predicted molar refractivity (Wildman–Crippen MR) is 103 cm³/mol. The predicted octanol–water partition coefficient (Wildman–Crippen LogP) is -0.0747. The average molecular weight is 421 g/mol. The van der Waals surface area contributed by atoms with Gasteiger partial charge in [-0.2, -0.15) is 0 Å². The third-order valence-electron chi connectivity index (χ3n) is 3.50. The third kappa shape index (κ3) is 6.10. The number of carbonyl (C=O) groups excluding carboxylic acids is 3. The first kappa shape index (κ1) is 21.5. The highest BCUT2D eigenvalue weighted by molar-refractivity contribution is 7.92. The number of hydrazine groups is 1. The number of anilines is 1. The molecule has 0 saturated heterocycles. The number of sulfonamides is 1. The molecule has 0 unspecified atom stereocenters. The van der Waals surface area contributed by atoms with Crippen LogP contribution in [0.5, 0.6) is 5.75 Å². The van der Waals surface area contributed by atoms with E-state index in [4.69, 9.17) is 10.5 Å². The number of benzene rings is 2. The summed E-state index contributed by atoms with van der Waals surface area (Å²) in [6, 6.07) is 10.7. The van der Waals surface area contributed by atoms with Crippen LogP contribution in [0.3, 0.4) is 0 Å². The average Bonchev–Trinajstić information content (AvgIpc) is 2.70. The minimum absolute atomic E-state index is 0.0175. The standard InChI is InChI=1S/C17H19N5O6S/c1-28-14-8-3-2-7-13(14)22-29(26,27)12-6-4-5-11(9-12)16(24)21-20-15(23)10-19-17(18)25/h2-9,22H,10H2,1H3,(H,20,23)(H,21,24)(H3,18,19,25). The van der Waals surface area contributed by atoms with Gasteiger partial charge >= 0.3 is 6.03 Å². The van der Waals surface area contributed by atoms with E-state index in [9.17, 15) is 22.8 Å². The van der Waals surface area contributed by atoms with Crippen LogP contribution < -0.4 is 31.4 Å². The topological polar surface area (TPSA) is 169 Å². The van der Waals surface area contributed by atoms with E-state index in [2.05, 4.69) is 15.6 Å². The number of primary amides is 1. The van der Waals surface area contributed by atoms with Gasteiger partial charge in [-0.25, -0.2) is 13.2 Å². The van der Waals surface area contributed by atoms with Crippen LogP contribution in [0.1, 0.15) is 10.4 Å². The maximum absolute atomic E-state index is 12.6. The maximum atomic E-state index is 12.6. The molecule has 0 fully saturated rings. The summed E-state index contributed by atoms with van der Waals surface area (Å²) < 4.78 is 32.8. The molecule has 29 heavy (non-hydrogen) atoms. The fourth-order valence-electron chi connectivity index (χ4n) is 2.15. The second-order valence-corrected chi connectivity index (χ2v) is 7.24. The summed E-state index contributed by atoms with van der Waals surface area (Å²) in [5, 5.41) is 2.05. The highest BCUT2D eigenvalue weighted by Gasteiger charge is 2.18. The fourth-order valence-corrected chi connectivity index (χ4v) is 3.26. The number of urea groups is 1. The van der Waals surface area contributed by atoms with E-state index >= 15 is 0 Å². The largest absolute Gasteiger partial charge is 0.495 e. The number of hydrogen-bond acceptors (Lipinski definition) is 6. The van der Waals surface area contributed by atoms with Crippen molar-refractivity contribution in [3.63, 3.8) is 0 Å². The van der Waals surface area contributed by atoms with E-state index in [1.54, 1.807) is 18.2 Å². The van der Waals surface area contributed by atoms with Gasteiger partial charge in [0.15, 0.2) is 0 Å². The molecule has 0 atom stereocenters. The van der Waals surface area contributed by atoms with Gasteiger partial charge in [0.05, 0.1) is 17.7 Å². The van der Waals surface area contributed by atoms with Gasteiger partial charge in [0.1, 0.15) is 12.3 Å². The molecular formula is C17H19N5O6S. The lowest BCUT2D eigenvalue weighted by Crippen LogP contribution is -2.47. The van der Waals surface area contributed by atoms with E-state index in [0.717, 1.165) is 6.07 Å². The van der Waals surface area contributed by atoms with Crippen molar-refractivity contribution in [2.24, 2.45) is 5.73 Å². The summed E-state index contributed by atoms with van der Waals surface area (Å²) in [6.45, 7) is -0.438. The number of methoxy groups -OCH3 is 1. The van der Waals surface area contributed by atoms with Crippen molar-refractivity contribution in [2.45, 2.75) is 4.90 Å². The lowest BCUT2D eigenvalue weighted by Gasteiger charge is -2.12. The van der Waals surface area contributed by atoms with E-state index in [1.165, 1.54) is 31.4 Å². The molecular weight excluding hydrogens is 402 g/mol. The van der Waals surface area contributed by atoms with Crippen LogP contribution in [0.25, 0.3) is 0 Å². The second-order valence-electron chi connectivity index (χ2n) is 5.55. The summed E-state index contributed by atoms with van der Waals surface area (Å²) in [4.78, 5) is 34.0. The van der Waals surface area contributed by atoms with Crippen LogP contribution in [-0.4, -0.2) is 39.9 Å². The van der Waals surface area contributed by atoms with Gasteiger partial charge in [-0.05, 0) is 30.3 Å². The van der Waals surface area contributed by atoms with Crippen LogP contribution in [0.15, 0.2) is 53.4 Å². The zero-order valence-corrected chi connectivity index (χ0v) is 16.1. The molecule has 0 heterocycles. The fraction of sp³-hybridized carbons (Fsp3) is 0.118. The minimum atomic E-state index is -4.01. The lowest BCUT2D eigenvalue weighted by atomic mass is 10.2. The van der Waals surface area contributed by atoms with Gasteiger partial charge in [0, 0.05) is 5.56 Å². The Bertz CT molecular complexity index is 1020. The van der Waals surface area contributed by atoms with Crippen molar-refractivity contribution >= 4 is 33.6 Å². The highest BCUT2D eigenvalue weighted by atomic mass is 32.2. The third-order valence-corrected chi connectivity index (χ3v) is 4.86. The zero-order valence-electron chi connectivity index (χ0n) is 15.3. The SMILES string of the molecule is COc1ccccc1NS(=O)(=O)c1cccc(C(=O)NNC(=O)CNC(N)=O)c1. The van der Waals surface area contributed by atoms with Gasteiger partial charge in [-0.1, -0.05) is 18.2 Å². The van der Waals surface area contributed by atoms with Crippen molar-refractivity contribution in [2.75, 3.05) is 18.4 Å². The molecule has 0 bridgehead atoms. The molecule has 2 aromatic rings. The quantitative estimate of drug-likeness (QED) is 0.392. The van der Waals surface area contributed by atoms with Crippen molar-refractivity contribution in [3.05, 3.63) is 54.1 Å². The van der Waals surface area contributed by atoms with Crippen molar-refractivity contribution in [1.29, 1.82) is 0 Å². The van der Waals surface area contributed by atoms with Gasteiger partial charge in [0.2, 0.25) is 0 Å². The molecule has 0 spiro atoms. The molecule has 4 amide bonds. The number of rotatable bonds is 7. The van der Waals surface area contributed by atoms with E-state index in [0.29, 0.717) is 5.75 Å². The second kappa shape index (κ2) is 9.41. The zero-order chi connectivity index (χ0) is 21.4. The van der Waals surface area contributed by atoms with Crippen LogP contribution in [0.4, 0.5) is 10.5 Å². The Hall–Kier alpha value is -3.80. The van der Waals surface area contributed by atoms with Gasteiger partial charge in [-0.15, -0.1) is 0 Å². The molecule has 12 heteroatoms. The first-order valence-corrected chi connectivity index (χ1v) is 9.59. The van der Waals surface area contributed by atoms with E-state index < -0.39 is 34.4 Å². The molecule has 0 aliphatic heterocycles. The molecule has 2 aromatic carbocycles. The minimum Gasteiger partial charge on any atom is -0.495 e. The van der Waals surface area contributed by atoms with Crippen molar-refractivity contribution in [1.82, 2.24) is 16.2 Å². The van der Waals surface area contributed by atoms with Gasteiger partial charge in [-0.3, -0.25) is 25.2 Å². The Labute approximate surface area is 166 Å². The number of para-hydroxylation sites is 2. The Kier molecular flexibility index (Phi) is 6.98. The summed E-state index contributed by atoms with van der Waals surface area (Å²) in [5.74, 6) is -1.15. The van der Waals surface area contributed by atoms with Gasteiger partial charge in [0.25, 0.3) is 21.8 Å². The van der Waals surface area contributed by atoms with E-state index in [-0.39, 0.29) is 16.1 Å². The molecule has 11 nitrogen and oxygen atoms in total. The smallest absolute Gasteiger partial charge is 0.312 e. The highest BCUT2D eigenvalue weighted by Crippen LogP contribution is 2.26. The monoisotopic (exact) mass is 421 g/mol. The number of nitrogens with one attached hydrogen (secondary N) is 4. The Balaban J connectivity index is 2.10. The van der Waals surface area contributed by atoms with Crippen LogP contribution in [-0.2, 0) is 14.8 Å².